The monoisotopic (exact) mass is 168 g/mol. The number of hydrogen-bond acceptors (Lipinski definition) is 2. The highest BCUT2D eigenvalue weighted by molar-refractivity contribution is 5.86. The van der Waals surface area contributed by atoms with Gasteiger partial charge in [0.15, 0.2) is 0 Å². The minimum absolute atomic E-state index is 0.312. The van der Waals surface area contributed by atoms with E-state index in [2.05, 4.69) is 24.5 Å². The molecule has 2 nitrogen and oxygen atoms in total. The van der Waals surface area contributed by atoms with E-state index < -0.39 is 0 Å². The van der Waals surface area contributed by atoms with Crippen LogP contribution in [0.5, 0.6) is 0 Å². The van der Waals surface area contributed by atoms with Gasteiger partial charge in [0.25, 0.3) is 0 Å². The van der Waals surface area contributed by atoms with E-state index in [-0.39, 0.29) is 5.97 Å². The predicted molar refractivity (Wildman–Crippen MR) is 51.8 cm³/mol. The highest BCUT2D eigenvalue weighted by Gasteiger charge is 1.98. The second kappa shape index (κ2) is 9.69. The number of allylic oxidation sites excluding steroid dienone is 2. The van der Waals surface area contributed by atoms with Crippen LogP contribution in [0.3, 0.4) is 0 Å². The Kier molecular flexibility index (Phi) is 10.7. The molecular weight excluding hydrogens is 152 g/mol. The van der Waals surface area contributed by atoms with Crippen molar-refractivity contribution in [1.82, 2.24) is 0 Å². The van der Waals surface area contributed by atoms with Crippen molar-refractivity contribution in [2.75, 3.05) is 6.61 Å². The van der Waals surface area contributed by atoms with E-state index >= 15 is 0 Å². The molecule has 0 aliphatic heterocycles. The Balaban J connectivity index is 0. The molecule has 0 fully saturated rings. The van der Waals surface area contributed by atoms with Gasteiger partial charge in [-0.15, -0.1) is 0 Å². The molecule has 0 aliphatic rings. The molecule has 12 heavy (non-hydrogen) atoms. The zero-order valence-electron chi connectivity index (χ0n) is 7.80. The summed E-state index contributed by atoms with van der Waals surface area (Å²) in [4.78, 5) is 10.4. The number of ether oxygens (including phenoxy) is 1. The van der Waals surface area contributed by atoms with Gasteiger partial charge in [-0.1, -0.05) is 31.9 Å². The molecule has 68 valence electrons. The molecule has 0 atom stereocenters. The van der Waals surface area contributed by atoms with Crippen LogP contribution in [-0.4, -0.2) is 12.6 Å². The van der Waals surface area contributed by atoms with Crippen molar-refractivity contribution in [3.63, 3.8) is 0 Å². The topological polar surface area (TPSA) is 26.3 Å². The molecule has 0 heterocycles. The molecule has 0 aromatic carbocycles. The van der Waals surface area contributed by atoms with Gasteiger partial charge in [-0.3, -0.25) is 0 Å². The Labute approximate surface area is 74.2 Å². The normalized spacial score (nSPS) is 7.17. The van der Waals surface area contributed by atoms with Gasteiger partial charge in [0.05, 0.1) is 6.61 Å². The van der Waals surface area contributed by atoms with Crippen LogP contribution < -0.4 is 0 Å². The highest BCUT2D eigenvalue weighted by atomic mass is 16.5. The zero-order valence-corrected chi connectivity index (χ0v) is 7.80. The third kappa shape index (κ3) is 11.5. The summed E-state index contributed by atoms with van der Waals surface area (Å²) >= 11 is 0. The second-order valence-electron chi connectivity index (χ2n) is 1.97. The molecule has 0 rings (SSSR count). The van der Waals surface area contributed by atoms with Crippen molar-refractivity contribution >= 4 is 5.97 Å². The Morgan fingerprint density at radius 2 is 1.83 bits per heavy atom. The van der Waals surface area contributed by atoms with Gasteiger partial charge in [-0.05, 0) is 13.8 Å². The van der Waals surface area contributed by atoms with Gasteiger partial charge in [0, 0.05) is 5.57 Å². The summed E-state index contributed by atoms with van der Waals surface area (Å²) in [5, 5.41) is 0. The number of esters is 1. The summed E-state index contributed by atoms with van der Waals surface area (Å²) in [5.74, 6) is -0.312. The van der Waals surface area contributed by atoms with Crippen LogP contribution in [0, 0.1) is 0 Å². The molecule has 0 spiro atoms. The summed E-state index contributed by atoms with van der Waals surface area (Å²) in [5.41, 5.74) is 0.451. The van der Waals surface area contributed by atoms with E-state index in [1.54, 1.807) is 26.0 Å². The van der Waals surface area contributed by atoms with Gasteiger partial charge in [0.2, 0.25) is 0 Å². The van der Waals surface area contributed by atoms with Crippen LogP contribution in [0.1, 0.15) is 13.8 Å². The first-order chi connectivity index (χ1) is 5.59. The van der Waals surface area contributed by atoms with Gasteiger partial charge in [-0.25, -0.2) is 4.79 Å². The summed E-state index contributed by atoms with van der Waals surface area (Å²) in [7, 11) is 0. The van der Waals surface area contributed by atoms with Crippen molar-refractivity contribution in [3.05, 3.63) is 37.5 Å². The number of hydrogen-bond donors (Lipinski definition) is 0. The van der Waals surface area contributed by atoms with Crippen LogP contribution in [0.25, 0.3) is 0 Å². The van der Waals surface area contributed by atoms with Crippen molar-refractivity contribution in [2.45, 2.75) is 13.8 Å². The molecule has 0 amide bonds. The zero-order chi connectivity index (χ0) is 9.98. The third-order valence-electron chi connectivity index (χ3n) is 0.791. The molecule has 0 bridgehead atoms. The predicted octanol–water partition coefficient (Wildman–Crippen LogP) is 2.48. The van der Waals surface area contributed by atoms with E-state index in [9.17, 15) is 4.79 Å². The van der Waals surface area contributed by atoms with E-state index in [1.807, 2.05) is 0 Å². The van der Waals surface area contributed by atoms with Gasteiger partial charge < -0.3 is 4.74 Å². The molecule has 0 saturated carbocycles. The molecule has 0 aromatic heterocycles. The second-order valence-corrected chi connectivity index (χ2v) is 1.97. The van der Waals surface area contributed by atoms with E-state index in [1.165, 1.54) is 0 Å². The average Bonchev–Trinajstić information content (AvgIpc) is 2.05. The van der Waals surface area contributed by atoms with Crippen molar-refractivity contribution in [2.24, 2.45) is 0 Å². The minimum Gasteiger partial charge on any atom is -0.463 e. The summed E-state index contributed by atoms with van der Waals surface area (Å²) in [6.07, 6.45) is 3.28. The molecule has 0 radical (unpaired) electrons. The van der Waals surface area contributed by atoms with Crippen molar-refractivity contribution in [3.8, 4) is 0 Å². The first-order valence-corrected chi connectivity index (χ1v) is 3.66. The SMILES string of the molecule is C=C(C)C(=O)OCC.C=CC=C. The maximum Gasteiger partial charge on any atom is 0.333 e. The Bertz CT molecular complexity index is 163. The minimum atomic E-state index is -0.312. The van der Waals surface area contributed by atoms with Crippen LogP contribution in [-0.2, 0) is 9.53 Å². The van der Waals surface area contributed by atoms with Crippen molar-refractivity contribution < 1.29 is 9.53 Å². The van der Waals surface area contributed by atoms with Gasteiger partial charge >= 0.3 is 5.97 Å². The summed E-state index contributed by atoms with van der Waals surface area (Å²) in [6.45, 7) is 13.9. The lowest BCUT2D eigenvalue weighted by Gasteiger charge is -1.96. The van der Waals surface area contributed by atoms with Gasteiger partial charge in [0.1, 0.15) is 0 Å². The lowest BCUT2D eigenvalue weighted by atomic mass is 10.4. The molecule has 0 saturated heterocycles. The highest BCUT2D eigenvalue weighted by Crippen LogP contribution is 1.89. The standard InChI is InChI=1S/C6H10O2.C4H6/c1-4-8-6(7)5(2)3;1-3-4-2/h2,4H2,1,3H3;3-4H,1-2H2. The lowest BCUT2D eigenvalue weighted by molar-refractivity contribution is -0.138. The number of carbonyl (C=O) groups is 1. The van der Waals surface area contributed by atoms with Crippen LogP contribution in [0.4, 0.5) is 0 Å². The molecule has 0 aliphatic carbocycles. The average molecular weight is 168 g/mol. The molecule has 0 aromatic rings. The summed E-state index contributed by atoms with van der Waals surface area (Å²) in [6, 6.07) is 0. The first-order valence-electron chi connectivity index (χ1n) is 3.66. The largest absolute Gasteiger partial charge is 0.463 e. The first kappa shape index (κ1) is 13.3. The lowest BCUT2D eigenvalue weighted by Crippen LogP contribution is -2.03. The van der Waals surface area contributed by atoms with E-state index in [4.69, 9.17) is 0 Å². The molecular formula is C10H16O2. The number of rotatable bonds is 3. The Morgan fingerprint density at radius 1 is 1.42 bits per heavy atom. The van der Waals surface area contributed by atoms with E-state index in [0.29, 0.717) is 12.2 Å². The summed E-state index contributed by atoms with van der Waals surface area (Å²) < 4.78 is 4.56. The van der Waals surface area contributed by atoms with E-state index in [0.717, 1.165) is 0 Å². The fraction of sp³-hybridized carbons (Fsp3) is 0.300. The van der Waals surface area contributed by atoms with Crippen LogP contribution in [0.15, 0.2) is 37.5 Å². The fourth-order valence-corrected chi connectivity index (χ4v) is 0.254. The van der Waals surface area contributed by atoms with Gasteiger partial charge in [-0.2, -0.15) is 0 Å². The fourth-order valence-electron chi connectivity index (χ4n) is 0.254. The maximum atomic E-state index is 10.4. The molecule has 2 heteroatoms. The maximum absolute atomic E-state index is 10.4. The molecule has 0 N–H and O–H groups in total. The van der Waals surface area contributed by atoms with Crippen molar-refractivity contribution in [1.29, 1.82) is 0 Å². The van der Waals surface area contributed by atoms with Crippen LogP contribution in [0.2, 0.25) is 0 Å². The Hall–Kier alpha value is -1.31. The molecule has 0 unspecified atom stereocenters. The Morgan fingerprint density at radius 3 is 1.92 bits per heavy atom. The third-order valence-corrected chi connectivity index (χ3v) is 0.791. The smallest absolute Gasteiger partial charge is 0.333 e. The van der Waals surface area contributed by atoms with Crippen LogP contribution >= 0.6 is 0 Å². The number of carbonyl (C=O) groups excluding carboxylic acids is 1. The quantitative estimate of drug-likeness (QED) is 0.367.